The van der Waals surface area contributed by atoms with Gasteiger partial charge in [0.2, 0.25) is 10.0 Å². The van der Waals surface area contributed by atoms with Crippen LogP contribution in [-0.4, -0.2) is 23.0 Å². The second-order valence-electron chi connectivity index (χ2n) is 6.97. The number of fused-ring (bicyclic) bond motifs is 1. The summed E-state index contributed by atoms with van der Waals surface area (Å²) in [6, 6.07) is 12.3. The van der Waals surface area contributed by atoms with Gasteiger partial charge in [0.1, 0.15) is 0 Å². The average molecular weight is 456 g/mol. The Bertz CT molecular complexity index is 1480. The summed E-state index contributed by atoms with van der Waals surface area (Å²) in [7, 11) is -3.79. The molecule has 2 heterocycles. The Labute approximate surface area is 181 Å². The second kappa shape index (κ2) is 7.78. The lowest BCUT2D eigenvalue weighted by atomic mass is 10.1. The third kappa shape index (κ3) is 4.34. The Morgan fingerprint density at radius 1 is 1.00 bits per heavy atom. The highest BCUT2D eigenvalue weighted by atomic mass is 32.2. The molecule has 0 saturated heterocycles. The van der Waals surface area contributed by atoms with Gasteiger partial charge in [-0.2, -0.15) is 18.3 Å². The van der Waals surface area contributed by atoms with E-state index < -0.39 is 21.8 Å². The molecule has 2 aromatic heterocycles. The highest BCUT2D eigenvalue weighted by Gasteiger charge is 2.30. The van der Waals surface area contributed by atoms with Crippen LogP contribution >= 0.6 is 0 Å². The van der Waals surface area contributed by atoms with Crippen molar-refractivity contribution in [3.05, 3.63) is 83.2 Å². The molecule has 0 fully saturated rings. The largest absolute Gasteiger partial charge is 0.416 e. The van der Waals surface area contributed by atoms with Crippen LogP contribution < -0.4 is 5.14 Å². The summed E-state index contributed by atoms with van der Waals surface area (Å²) in [4.78, 5) is 4.52. The zero-order valence-corrected chi connectivity index (χ0v) is 17.4. The van der Waals surface area contributed by atoms with Crippen LogP contribution in [0.3, 0.4) is 0 Å². The second-order valence-corrected chi connectivity index (χ2v) is 8.53. The molecule has 0 saturated carbocycles. The molecule has 0 amide bonds. The SMILES string of the molecule is Cc1cc(-c2ccc(C(F)(F)F)cc2)nc2c(C#Cc3ccc(S(N)(=O)=O)cc3)cnn12. The molecular weight excluding hydrogens is 441 g/mol. The molecule has 0 aliphatic heterocycles. The maximum absolute atomic E-state index is 12.8. The molecular formula is C22H15F3N4O2S. The van der Waals surface area contributed by atoms with E-state index in [0.717, 1.165) is 17.8 Å². The van der Waals surface area contributed by atoms with Gasteiger partial charge in [0, 0.05) is 16.8 Å². The molecule has 2 N–H and O–H groups in total. The van der Waals surface area contributed by atoms with Crippen LogP contribution in [-0.2, 0) is 16.2 Å². The summed E-state index contributed by atoms with van der Waals surface area (Å²) in [6.07, 6.45) is -2.87. The first-order chi connectivity index (χ1) is 15.0. The summed E-state index contributed by atoms with van der Waals surface area (Å²) in [5, 5.41) is 9.35. The average Bonchev–Trinajstić information content (AvgIpc) is 3.15. The van der Waals surface area contributed by atoms with Gasteiger partial charge >= 0.3 is 6.18 Å². The summed E-state index contributed by atoms with van der Waals surface area (Å²) in [6.45, 7) is 1.80. The van der Waals surface area contributed by atoms with E-state index in [9.17, 15) is 21.6 Å². The number of nitrogens with zero attached hydrogens (tertiary/aromatic N) is 3. The quantitative estimate of drug-likeness (QED) is 0.465. The minimum Gasteiger partial charge on any atom is -0.227 e. The van der Waals surface area contributed by atoms with Crippen LogP contribution in [0.5, 0.6) is 0 Å². The highest BCUT2D eigenvalue weighted by Crippen LogP contribution is 2.31. The van der Waals surface area contributed by atoms with Crippen LogP contribution in [0.25, 0.3) is 16.9 Å². The molecule has 0 aliphatic rings. The van der Waals surface area contributed by atoms with Gasteiger partial charge in [-0.15, -0.1) is 0 Å². The fraction of sp³-hybridized carbons (Fsp3) is 0.0909. The number of nitrogens with two attached hydrogens (primary N) is 1. The van der Waals surface area contributed by atoms with Gasteiger partial charge in [-0.3, -0.25) is 0 Å². The fourth-order valence-corrected chi connectivity index (χ4v) is 3.56. The molecule has 4 aromatic rings. The van der Waals surface area contributed by atoms with Crippen LogP contribution in [0, 0.1) is 18.8 Å². The van der Waals surface area contributed by atoms with Crippen molar-refractivity contribution in [1.82, 2.24) is 14.6 Å². The molecule has 0 radical (unpaired) electrons. The zero-order chi connectivity index (χ0) is 23.1. The van der Waals surface area contributed by atoms with Gasteiger partial charge in [0.05, 0.1) is 27.9 Å². The Hall–Kier alpha value is -3.68. The molecule has 10 heteroatoms. The third-order valence-electron chi connectivity index (χ3n) is 4.68. The van der Waals surface area contributed by atoms with Gasteiger partial charge in [-0.1, -0.05) is 24.0 Å². The van der Waals surface area contributed by atoms with Crippen molar-refractivity contribution in [2.75, 3.05) is 0 Å². The van der Waals surface area contributed by atoms with Crippen LogP contribution in [0.4, 0.5) is 13.2 Å². The normalized spacial score (nSPS) is 11.9. The van der Waals surface area contributed by atoms with E-state index in [4.69, 9.17) is 5.14 Å². The van der Waals surface area contributed by atoms with E-state index in [1.807, 2.05) is 0 Å². The standard InChI is InChI=1S/C22H15F3N4O2S/c1-14-12-20(16-6-8-18(9-7-16)22(23,24)25)28-21-17(13-27-29(14)21)5-2-15-3-10-19(11-4-15)32(26,30)31/h3-4,6-13H,1H3,(H2,26,30,31). The molecule has 0 bridgehead atoms. The van der Waals surface area contributed by atoms with E-state index in [-0.39, 0.29) is 4.90 Å². The molecule has 0 unspecified atom stereocenters. The number of hydrogen-bond donors (Lipinski definition) is 1. The van der Waals surface area contributed by atoms with Crippen molar-refractivity contribution in [3.8, 4) is 23.1 Å². The van der Waals surface area contributed by atoms with Crippen LogP contribution in [0.1, 0.15) is 22.4 Å². The molecule has 6 nitrogen and oxygen atoms in total. The molecule has 162 valence electrons. The maximum atomic E-state index is 12.8. The predicted molar refractivity (Wildman–Crippen MR) is 112 cm³/mol. The molecule has 0 spiro atoms. The number of rotatable bonds is 2. The number of aryl methyl sites for hydroxylation is 1. The predicted octanol–water partition coefficient (Wildman–Crippen LogP) is 3.77. The number of alkyl halides is 3. The summed E-state index contributed by atoms with van der Waals surface area (Å²) < 4.78 is 62.8. The van der Waals surface area contributed by atoms with Crippen molar-refractivity contribution in [3.63, 3.8) is 0 Å². The van der Waals surface area contributed by atoms with Crippen molar-refractivity contribution < 1.29 is 21.6 Å². The fourth-order valence-electron chi connectivity index (χ4n) is 3.05. The molecule has 0 atom stereocenters. The Kier molecular flexibility index (Phi) is 5.24. The van der Waals surface area contributed by atoms with Crippen LogP contribution in [0.2, 0.25) is 0 Å². The van der Waals surface area contributed by atoms with Gasteiger partial charge in [0.25, 0.3) is 0 Å². The monoisotopic (exact) mass is 456 g/mol. The molecule has 0 aliphatic carbocycles. The molecule has 32 heavy (non-hydrogen) atoms. The van der Waals surface area contributed by atoms with Gasteiger partial charge in [-0.05, 0) is 49.4 Å². The maximum Gasteiger partial charge on any atom is 0.416 e. The first-order valence-corrected chi connectivity index (χ1v) is 10.7. The van der Waals surface area contributed by atoms with E-state index in [1.165, 1.54) is 42.6 Å². The molecule has 2 aromatic carbocycles. The minimum absolute atomic E-state index is 0.0162. The smallest absolute Gasteiger partial charge is 0.227 e. The lowest BCUT2D eigenvalue weighted by Gasteiger charge is -2.08. The third-order valence-corrected chi connectivity index (χ3v) is 5.61. The Morgan fingerprint density at radius 3 is 2.25 bits per heavy atom. The number of benzene rings is 2. The first-order valence-electron chi connectivity index (χ1n) is 9.20. The molecule has 4 rings (SSSR count). The lowest BCUT2D eigenvalue weighted by molar-refractivity contribution is -0.137. The minimum atomic E-state index is -4.41. The van der Waals surface area contributed by atoms with E-state index in [0.29, 0.717) is 28.0 Å². The van der Waals surface area contributed by atoms with Gasteiger partial charge < -0.3 is 0 Å². The number of sulfonamides is 1. The Morgan fingerprint density at radius 2 is 1.66 bits per heavy atom. The topological polar surface area (TPSA) is 90.3 Å². The number of primary sulfonamides is 1. The number of halogens is 3. The van der Waals surface area contributed by atoms with E-state index in [1.54, 1.807) is 17.5 Å². The van der Waals surface area contributed by atoms with E-state index >= 15 is 0 Å². The van der Waals surface area contributed by atoms with Crippen molar-refractivity contribution in [2.24, 2.45) is 5.14 Å². The van der Waals surface area contributed by atoms with Crippen molar-refractivity contribution in [2.45, 2.75) is 18.0 Å². The summed E-state index contributed by atoms with van der Waals surface area (Å²) >= 11 is 0. The van der Waals surface area contributed by atoms with Crippen LogP contribution in [0.15, 0.2) is 65.7 Å². The highest BCUT2D eigenvalue weighted by molar-refractivity contribution is 7.89. The lowest BCUT2D eigenvalue weighted by Crippen LogP contribution is -2.11. The van der Waals surface area contributed by atoms with Crippen molar-refractivity contribution in [1.29, 1.82) is 0 Å². The first kappa shape index (κ1) is 21.5. The van der Waals surface area contributed by atoms with E-state index in [2.05, 4.69) is 21.9 Å². The summed E-state index contributed by atoms with van der Waals surface area (Å²) in [5.41, 5.74) is 2.55. The Balaban J connectivity index is 1.71. The number of hydrogen-bond acceptors (Lipinski definition) is 4. The number of aromatic nitrogens is 3. The van der Waals surface area contributed by atoms with Crippen molar-refractivity contribution >= 4 is 15.7 Å². The van der Waals surface area contributed by atoms with Gasteiger partial charge in [0.15, 0.2) is 5.65 Å². The summed E-state index contributed by atoms with van der Waals surface area (Å²) in [5.74, 6) is 5.87. The van der Waals surface area contributed by atoms with Gasteiger partial charge in [-0.25, -0.2) is 23.1 Å². The zero-order valence-electron chi connectivity index (χ0n) is 16.6.